The second kappa shape index (κ2) is 7.65. The minimum atomic E-state index is -4.51. The van der Waals surface area contributed by atoms with Gasteiger partial charge in [0.15, 0.2) is 0 Å². The zero-order valence-corrected chi connectivity index (χ0v) is 13.2. The van der Waals surface area contributed by atoms with E-state index in [1.54, 1.807) is 13.2 Å². The fourth-order valence-electron chi connectivity index (χ4n) is 2.38. The number of aryl methyl sites for hydroxylation is 1. The highest BCUT2D eigenvalue weighted by molar-refractivity contribution is 5.76. The highest BCUT2D eigenvalue weighted by Crippen LogP contribution is 2.19. The van der Waals surface area contributed by atoms with Crippen LogP contribution in [0.15, 0.2) is 17.1 Å². The number of aromatic nitrogens is 2. The standard InChI is InChI=1S/C14H19F3N4O3/c1-20-13(23)6-10(8-19-20)21-4-5-24-11(9-21)2-3-18-12(22)7-14(15,16)17/h6,8,11H,2-5,7,9H2,1H3,(H,18,22)/t11-/m0/s1. The van der Waals surface area contributed by atoms with Crippen molar-refractivity contribution in [3.8, 4) is 0 Å². The third-order valence-corrected chi connectivity index (χ3v) is 3.61. The van der Waals surface area contributed by atoms with Crippen LogP contribution in [0.25, 0.3) is 0 Å². The van der Waals surface area contributed by atoms with Crippen molar-refractivity contribution < 1.29 is 22.7 Å². The van der Waals surface area contributed by atoms with Crippen molar-refractivity contribution in [2.45, 2.75) is 25.1 Å². The van der Waals surface area contributed by atoms with Gasteiger partial charge in [-0.2, -0.15) is 18.3 Å². The normalized spacial score (nSPS) is 18.5. The molecule has 1 aliphatic rings. The number of nitrogens with one attached hydrogen (secondary N) is 1. The average Bonchev–Trinajstić information content (AvgIpc) is 2.48. The van der Waals surface area contributed by atoms with Crippen molar-refractivity contribution in [2.24, 2.45) is 7.05 Å². The third kappa shape index (κ3) is 5.52. The molecular formula is C14H19F3N4O3. The average molecular weight is 348 g/mol. The van der Waals surface area contributed by atoms with E-state index in [4.69, 9.17) is 4.74 Å². The van der Waals surface area contributed by atoms with E-state index >= 15 is 0 Å². The van der Waals surface area contributed by atoms with E-state index < -0.39 is 18.5 Å². The van der Waals surface area contributed by atoms with Crippen molar-refractivity contribution in [2.75, 3.05) is 31.1 Å². The van der Waals surface area contributed by atoms with Gasteiger partial charge in [-0.1, -0.05) is 0 Å². The van der Waals surface area contributed by atoms with Gasteiger partial charge in [-0.15, -0.1) is 0 Å². The van der Waals surface area contributed by atoms with Crippen LogP contribution in [-0.4, -0.2) is 54.2 Å². The Morgan fingerprint density at radius 1 is 1.50 bits per heavy atom. The van der Waals surface area contributed by atoms with Gasteiger partial charge in [0.2, 0.25) is 5.91 Å². The van der Waals surface area contributed by atoms with Gasteiger partial charge in [-0.05, 0) is 6.42 Å². The van der Waals surface area contributed by atoms with E-state index in [0.717, 1.165) is 0 Å². The van der Waals surface area contributed by atoms with Crippen molar-refractivity contribution >= 4 is 11.6 Å². The lowest BCUT2D eigenvalue weighted by molar-refractivity contribution is -0.153. The summed E-state index contributed by atoms with van der Waals surface area (Å²) in [6.07, 6.45) is -4.26. The number of hydrogen-bond acceptors (Lipinski definition) is 5. The first-order valence-electron chi connectivity index (χ1n) is 7.48. The number of rotatable bonds is 5. The summed E-state index contributed by atoms with van der Waals surface area (Å²) in [7, 11) is 1.55. The maximum atomic E-state index is 12.1. The Morgan fingerprint density at radius 3 is 2.92 bits per heavy atom. The first-order valence-corrected chi connectivity index (χ1v) is 7.48. The predicted octanol–water partition coefficient (Wildman–Crippen LogP) is 0.444. The molecule has 0 unspecified atom stereocenters. The van der Waals surface area contributed by atoms with Gasteiger partial charge in [0.1, 0.15) is 6.42 Å². The molecule has 10 heteroatoms. The van der Waals surface area contributed by atoms with Crippen LogP contribution in [0, 0.1) is 0 Å². The summed E-state index contributed by atoms with van der Waals surface area (Å²) >= 11 is 0. The Bertz CT molecular complexity index is 632. The molecule has 1 aromatic rings. The molecule has 2 rings (SSSR count). The number of nitrogens with zero attached hydrogens (tertiary/aromatic N) is 3. The number of ether oxygens (including phenoxy) is 1. The Labute approximate surface area is 136 Å². The zero-order valence-electron chi connectivity index (χ0n) is 13.2. The van der Waals surface area contributed by atoms with Crippen molar-refractivity contribution in [3.63, 3.8) is 0 Å². The number of hydrogen-bond donors (Lipinski definition) is 1. The Morgan fingerprint density at radius 2 is 2.25 bits per heavy atom. The van der Waals surface area contributed by atoms with Crippen LogP contribution in [0.5, 0.6) is 0 Å². The third-order valence-electron chi connectivity index (χ3n) is 3.61. The SMILES string of the molecule is Cn1ncc(N2CCO[C@@H](CCNC(=O)CC(F)(F)F)C2)cc1=O. The molecule has 1 aliphatic heterocycles. The van der Waals surface area contributed by atoms with Crippen LogP contribution in [0.3, 0.4) is 0 Å². The van der Waals surface area contributed by atoms with Crippen LogP contribution in [0.2, 0.25) is 0 Å². The van der Waals surface area contributed by atoms with Crippen LogP contribution in [0.1, 0.15) is 12.8 Å². The number of alkyl halides is 3. The summed E-state index contributed by atoms with van der Waals surface area (Å²) in [6, 6.07) is 1.47. The maximum Gasteiger partial charge on any atom is 0.397 e. The Balaban J connectivity index is 1.82. The maximum absolute atomic E-state index is 12.1. The topological polar surface area (TPSA) is 76.5 Å². The van der Waals surface area contributed by atoms with E-state index in [1.165, 1.54) is 10.7 Å². The molecule has 1 fully saturated rings. The van der Waals surface area contributed by atoms with Gasteiger partial charge in [-0.3, -0.25) is 9.59 Å². The van der Waals surface area contributed by atoms with Gasteiger partial charge >= 0.3 is 6.18 Å². The first-order chi connectivity index (χ1) is 11.2. The van der Waals surface area contributed by atoms with Crippen LogP contribution < -0.4 is 15.8 Å². The number of carbonyl (C=O) groups is 1. The molecule has 1 amide bonds. The fourth-order valence-corrected chi connectivity index (χ4v) is 2.38. The van der Waals surface area contributed by atoms with E-state index in [1.807, 2.05) is 4.90 Å². The molecule has 2 heterocycles. The highest BCUT2D eigenvalue weighted by atomic mass is 19.4. The molecule has 0 aromatic carbocycles. The Kier molecular flexibility index (Phi) is 5.81. The highest BCUT2D eigenvalue weighted by Gasteiger charge is 2.31. The minimum Gasteiger partial charge on any atom is -0.374 e. The molecule has 0 bridgehead atoms. The van der Waals surface area contributed by atoms with Gasteiger partial charge in [-0.25, -0.2) is 4.68 Å². The molecule has 7 nitrogen and oxygen atoms in total. The molecule has 134 valence electrons. The van der Waals surface area contributed by atoms with Crippen molar-refractivity contribution in [3.05, 3.63) is 22.6 Å². The van der Waals surface area contributed by atoms with E-state index in [0.29, 0.717) is 31.8 Å². The lowest BCUT2D eigenvalue weighted by Crippen LogP contribution is -2.44. The molecule has 0 saturated carbocycles. The lowest BCUT2D eigenvalue weighted by Gasteiger charge is -2.34. The summed E-state index contributed by atoms with van der Waals surface area (Å²) in [4.78, 5) is 24.7. The molecule has 1 saturated heterocycles. The summed E-state index contributed by atoms with van der Waals surface area (Å²) in [6.45, 7) is 1.59. The lowest BCUT2D eigenvalue weighted by atomic mass is 10.2. The quantitative estimate of drug-likeness (QED) is 0.836. The minimum absolute atomic E-state index is 0.0994. The number of halogens is 3. The molecule has 0 spiro atoms. The molecule has 24 heavy (non-hydrogen) atoms. The number of amides is 1. The zero-order chi connectivity index (χ0) is 17.7. The van der Waals surface area contributed by atoms with Crippen LogP contribution in [-0.2, 0) is 16.6 Å². The first kappa shape index (κ1) is 18.2. The van der Waals surface area contributed by atoms with Gasteiger partial charge in [0, 0.05) is 32.7 Å². The Hall–Kier alpha value is -2.10. The predicted molar refractivity (Wildman–Crippen MR) is 79.7 cm³/mol. The summed E-state index contributed by atoms with van der Waals surface area (Å²) in [5, 5.41) is 6.19. The summed E-state index contributed by atoms with van der Waals surface area (Å²) in [5.74, 6) is -1.05. The summed E-state index contributed by atoms with van der Waals surface area (Å²) in [5.41, 5.74) is 0.447. The van der Waals surface area contributed by atoms with Crippen LogP contribution >= 0.6 is 0 Å². The second-order valence-electron chi connectivity index (χ2n) is 5.55. The smallest absolute Gasteiger partial charge is 0.374 e. The van der Waals surface area contributed by atoms with Crippen LogP contribution in [0.4, 0.5) is 18.9 Å². The molecule has 1 aromatic heterocycles. The van der Waals surface area contributed by atoms with Crippen molar-refractivity contribution in [1.29, 1.82) is 0 Å². The molecule has 1 N–H and O–H groups in total. The molecule has 0 aliphatic carbocycles. The van der Waals surface area contributed by atoms with E-state index in [2.05, 4.69) is 10.4 Å². The van der Waals surface area contributed by atoms with E-state index in [-0.39, 0.29) is 18.2 Å². The number of carbonyl (C=O) groups excluding carboxylic acids is 1. The molecular weight excluding hydrogens is 329 g/mol. The molecule has 1 atom stereocenters. The van der Waals surface area contributed by atoms with Gasteiger partial charge < -0.3 is 15.0 Å². The fraction of sp³-hybridized carbons (Fsp3) is 0.643. The second-order valence-corrected chi connectivity index (χ2v) is 5.55. The van der Waals surface area contributed by atoms with Gasteiger partial charge in [0.25, 0.3) is 5.56 Å². The number of morpholine rings is 1. The van der Waals surface area contributed by atoms with Gasteiger partial charge in [0.05, 0.1) is 24.6 Å². The van der Waals surface area contributed by atoms with E-state index in [9.17, 15) is 22.8 Å². The summed E-state index contributed by atoms with van der Waals surface area (Å²) < 4.78 is 43.0. The monoisotopic (exact) mass is 348 g/mol. The van der Waals surface area contributed by atoms with Crippen molar-refractivity contribution in [1.82, 2.24) is 15.1 Å². The number of anilines is 1. The largest absolute Gasteiger partial charge is 0.397 e. The molecule has 0 radical (unpaired) electrons.